The van der Waals surface area contributed by atoms with Gasteiger partial charge in [-0.1, -0.05) is 70.2 Å². The van der Waals surface area contributed by atoms with E-state index in [1.165, 1.54) is 11.8 Å². The van der Waals surface area contributed by atoms with Crippen LogP contribution < -0.4 is 0 Å². The SMILES string of the molecule is O=C(CSc1nnc(-c2ccccc2)n1Cc1ccco1)c1ccc(Br)cc1. The van der Waals surface area contributed by atoms with Crippen molar-refractivity contribution in [1.82, 2.24) is 14.8 Å². The van der Waals surface area contributed by atoms with Gasteiger partial charge in [-0.3, -0.25) is 9.36 Å². The molecule has 2 aromatic carbocycles. The first-order valence-corrected chi connectivity index (χ1v) is 10.4. The second-order valence-corrected chi connectivity index (χ2v) is 7.91. The first-order chi connectivity index (χ1) is 13.7. The lowest BCUT2D eigenvalue weighted by molar-refractivity contribution is 0.102. The summed E-state index contributed by atoms with van der Waals surface area (Å²) in [5.41, 5.74) is 1.64. The van der Waals surface area contributed by atoms with Gasteiger partial charge in [0.05, 0.1) is 18.6 Å². The second kappa shape index (κ2) is 8.58. The van der Waals surface area contributed by atoms with Crippen LogP contribution in [0.3, 0.4) is 0 Å². The van der Waals surface area contributed by atoms with E-state index in [0.717, 1.165) is 21.6 Å². The summed E-state index contributed by atoms with van der Waals surface area (Å²) in [4.78, 5) is 12.5. The molecule has 0 N–H and O–H groups in total. The smallest absolute Gasteiger partial charge is 0.192 e. The molecule has 0 aliphatic rings. The van der Waals surface area contributed by atoms with Gasteiger partial charge in [-0.25, -0.2) is 0 Å². The quantitative estimate of drug-likeness (QED) is 0.279. The zero-order valence-corrected chi connectivity index (χ0v) is 17.2. The highest BCUT2D eigenvalue weighted by molar-refractivity contribution is 9.10. The number of rotatable bonds is 7. The average molecular weight is 454 g/mol. The van der Waals surface area contributed by atoms with E-state index in [-0.39, 0.29) is 11.5 Å². The van der Waals surface area contributed by atoms with Gasteiger partial charge >= 0.3 is 0 Å². The Kier molecular flexibility index (Phi) is 5.73. The molecule has 28 heavy (non-hydrogen) atoms. The van der Waals surface area contributed by atoms with Crippen molar-refractivity contribution in [3.05, 3.63) is 88.8 Å². The molecular weight excluding hydrogens is 438 g/mol. The molecule has 4 rings (SSSR count). The summed E-state index contributed by atoms with van der Waals surface area (Å²) in [6, 6.07) is 21.0. The van der Waals surface area contributed by atoms with Crippen molar-refractivity contribution in [3.8, 4) is 11.4 Å². The maximum atomic E-state index is 12.5. The van der Waals surface area contributed by atoms with Crippen LogP contribution in [-0.4, -0.2) is 26.3 Å². The zero-order valence-electron chi connectivity index (χ0n) is 14.8. The highest BCUT2D eigenvalue weighted by Gasteiger charge is 2.17. The fourth-order valence-corrected chi connectivity index (χ4v) is 3.84. The molecule has 5 nitrogen and oxygen atoms in total. The van der Waals surface area contributed by atoms with E-state index in [4.69, 9.17) is 4.42 Å². The molecule has 0 aliphatic heterocycles. The van der Waals surface area contributed by atoms with Gasteiger partial charge in [0.15, 0.2) is 16.8 Å². The second-order valence-electron chi connectivity index (χ2n) is 6.06. The molecule has 7 heteroatoms. The summed E-state index contributed by atoms with van der Waals surface area (Å²) in [6.45, 7) is 0.499. The molecule has 140 valence electrons. The van der Waals surface area contributed by atoms with Gasteiger partial charge in [-0.2, -0.15) is 0 Å². The van der Waals surface area contributed by atoms with Crippen LogP contribution in [-0.2, 0) is 6.54 Å². The minimum Gasteiger partial charge on any atom is -0.467 e. The Bertz CT molecular complexity index is 1060. The van der Waals surface area contributed by atoms with E-state index >= 15 is 0 Å². The third-order valence-corrected chi connectivity index (χ3v) is 5.64. The summed E-state index contributed by atoms with van der Waals surface area (Å²) in [7, 11) is 0. The lowest BCUT2D eigenvalue weighted by Gasteiger charge is -2.08. The number of nitrogens with zero attached hydrogens (tertiary/aromatic N) is 3. The molecule has 0 aliphatic carbocycles. The molecule has 0 spiro atoms. The van der Waals surface area contributed by atoms with Crippen LogP contribution in [0, 0.1) is 0 Å². The van der Waals surface area contributed by atoms with Crippen LogP contribution in [0.15, 0.2) is 87.0 Å². The minimum atomic E-state index is 0.0475. The monoisotopic (exact) mass is 453 g/mol. The Morgan fingerprint density at radius 1 is 1.00 bits per heavy atom. The van der Waals surface area contributed by atoms with Crippen LogP contribution >= 0.6 is 27.7 Å². The van der Waals surface area contributed by atoms with Crippen molar-refractivity contribution in [2.45, 2.75) is 11.7 Å². The number of ketones is 1. The van der Waals surface area contributed by atoms with E-state index in [0.29, 0.717) is 17.3 Å². The molecule has 2 aromatic heterocycles. The van der Waals surface area contributed by atoms with Gasteiger partial charge in [0.2, 0.25) is 0 Å². The van der Waals surface area contributed by atoms with E-state index in [1.54, 1.807) is 6.26 Å². The summed E-state index contributed by atoms with van der Waals surface area (Å²) >= 11 is 4.76. The Balaban J connectivity index is 1.58. The first kappa shape index (κ1) is 18.7. The lowest BCUT2D eigenvalue weighted by Crippen LogP contribution is -2.06. The van der Waals surface area contributed by atoms with E-state index in [2.05, 4.69) is 26.1 Å². The maximum absolute atomic E-state index is 12.5. The van der Waals surface area contributed by atoms with Crippen LogP contribution in [0.1, 0.15) is 16.1 Å². The van der Waals surface area contributed by atoms with E-state index in [1.807, 2.05) is 71.3 Å². The number of carbonyl (C=O) groups excluding carboxylic acids is 1. The largest absolute Gasteiger partial charge is 0.467 e. The Morgan fingerprint density at radius 2 is 1.79 bits per heavy atom. The number of furan rings is 1. The van der Waals surface area contributed by atoms with Gasteiger partial charge in [0, 0.05) is 15.6 Å². The first-order valence-electron chi connectivity index (χ1n) is 8.63. The maximum Gasteiger partial charge on any atom is 0.192 e. The summed E-state index contributed by atoms with van der Waals surface area (Å²) < 4.78 is 8.43. The number of halogens is 1. The molecule has 0 saturated heterocycles. The topological polar surface area (TPSA) is 60.9 Å². The summed E-state index contributed by atoms with van der Waals surface area (Å²) in [6.07, 6.45) is 1.64. The standard InChI is InChI=1S/C21H16BrN3O2S/c22-17-10-8-15(9-11-17)19(26)14-28-21-24-23-20(16-5-2-1-3-6-16)25(21)13-18-7-4-12-27-18/h1-12H,13-14H2. The van der Waals surface area contributed by atoms with Gasteiger partial charge in [0.25, 0.3) is 0 Å². The van der Waals surface area contributed by atoms with Crippen molar-refractivity contribution in [3.63, 3.8) is 0 Å². The molecule has 0 unspecified atom stereocenters. The van der Waals surface area contributed by atoms with Crippen LogP contribution in [0.4, 0.5) is 0 Å². The number of hydrogen-bond acceptors (Lipinski definition) is 5. The highest BCUT2D eigenvalue weighted by Crippen LogP contribution is 2.26. The van der Waals surface area contributed by atoms with Gasteiger partial charge in [0.1, 0.15) is 5.76 Å². The van der Waals surface area contributed by atoms with Crippen molar-refractivity contribution in [2.24, 2.45) is 0 Å². The van der Waals surface area contributed by atoms with Crippen molar-refractivity contribution < 1.29 is 9.21 Å². The summed E-state index contributed by atoms with van der Waals surface area (Å²) in [5.74, 6) is 1.88. The molecule has 4 aromatic rings. The normalized spacial score (nSPS) is 10.9. The minimum absolute atomic E-state index is 0.0475. The molecule has 2 heterocycles. The highest BCUT2D eigenvalue weighted by atomic mass is 79.9. The Morgan fingerprint density at radius 3 is 2.50 bits per heavy atom. The number of aromatic nitrogens is 3. The molecule has 0 fully saturated rings. The lowest BCUT2D eigenvalue weighted by atomic mass is 10.2. The average Bonchev–Trinajstić information content (AvgIpc) is 3.38. The zero-order chi connectivity index (χ0) is 19.3. The van der Waals surface area contributed by atoms with Gasteiger partial charge < -0.3 is 4.42 Å². The third kappa shape index (κ3) is 4.26. The number of carbonyl (C=O) groups is 1. The van der Waals surface area contributed by atoms with Crippen LogP contribution in [0.2, 0.25) is 0 Å². The Labute approximate surface area is 174 Å². The van der Waals surface area contributed by atoms with Crippen molar-refractivity contribution in [1.29, 1.82) is 0 Å². The van der Waals surface area contributed by atoms with E-state index in [9.17, 15) is 4.79 Å². The molecule has 0 atom stereocenters. The Hall–Kier alpha value is -2.64. The number of benzene rings is 2. The predicted molar refractivity (Wildman–Crippen MR) is 112 cm³/mol. The third-order valence-electron chi connectivity index (χ3n) is 4.14. The number of thioether (sulfide) groups is 1. The molecular formula is C21H16BrN3O2S. The van der Waals surface area contributed by atoms with Crippen LogP contribution in [0.25, 0.3) is 11.4 Å². The predicted octanol–water partition coefficient (Wildman–Crippen LogP) is 5.32. The van der Waals surface area contributed by atoms with Crippen molar-refractivity contribution >= 4 is 33.5 Å². The number of Topliss-reactive ketones (excluding diaryl/α,β-unsaturated/α-hetero) is 1. The van der Waals surface area contributed by atoms with Crippen LogP contribution in [0.5, 0.6) is 0 Å². The molecule has 0 bridgehead atoms. The number of hydrogen-bond donors (Lipinski definition) is 0. The van der Waals surface area contributed by atoms with Gasteiger partial charge in [-0.05, 0) is 24.3 Å². The molecule has 0 amide bonds. The summed E-state index contributed by atoms with van der Waals surface area (Å²) in [5, 5.41) is 9.37. The van der Waals surface area contributed by atoms with Gasteiger partial charge in [-0.15, -0.1) is 10.2 Å². The fourth-order valence-electron chi connectivity index (χ4n) is 2.75. The van der Waals surface area contributed by atoms with Crippen molar-refractivity contribution in [2.75, 3.05) is 5.75 Å². The van der Waals surface area contributed by atoms with E-state index < -0.39 is 0 Å². The molecule has 0 radical (unpaired) electrons. The fraction of sp³-hybridized carbons (Fsp3) is 0.0952. The molecule has 0 saturated carbocycles.